The molecule has 0 radical (unpaired) electrons. The second-order valence-electron chi connectivity index (χ2n) is 3.66. The molecule has 1 aliphatic rings. The zero-order valence-electron chi connectivity index (χ0n) is 8.44. The Bertz CT molecular complexity index is 323. The first-order valence-electron chi connectivity index (χ1n) is 5.14. The molecule has 1 heterocycles. The molecule has 1 saturated carbocycles. The molecule has 5 heteroatoms. The van der Waals surface area contributed by atoms with Gasteiger partial charge >= 0.3 is 6.03 Å². The standard InChI is InChI=1S/C10H14N4O/c15-10(14-8-2-1-3-8)12-6-9-4-5-11-7-13-9/h4-5,7-8H,1-3,6H2,(H2,12,14,15). The van der Waals surface area contributed by atoms with Gasteiger partial charge in [0.2, 0.25) is 0 Å². The second-order valence-corrected chi connectivity index (χ2v) is 3.66. The summed E-state index contributed by atoms with van der Waals surface area (Å²) in [7, 11) is 0. The van der Waals surface area contributed by atoms with Crippen molar-refractivity contribution in [3.63, 3.8) is 0 Å². The fourth-order valence-corrected chi connectivity index (χ4v) is 1.38. The predicted molar refractivity (Wildman–Crippen MR) is 55.0 cm³/mol. The van der Waals surface area contributed by atoms with E-state index >= 15 is 0 Å². The maximum Gasteiger partial charge on any atom is 0.315 e. The van der Waals surface area contributed by atoms with Crippen LogP contribution in [0.5, 0.6) is 0 Å². The van der Waals surface area contributed by atoms with Gasteiger partial charge in [0.15, 0.2) is 0 Å². The van der Waals surface area contributed by atoms with Gasteiger partial charge in [-0.1, -0.05) is 0 Å². The third kappa shape index (κ3) is 2.90. The number of rotatable bonds is 3. The minimum absolute atomic E-state index is 0.113. The minimum atomic E-state index is -0.113. The van der Waals surface area contributed by atoms with E-state index in [0.717, 1.165) is 18.5 Å². The Kier molecular flexibility index (Phi) is 3.11. The van der Waals surface area contributed by atoms with Crippen LogP contribution in [0, 0.1) is 0 Å². The highest BCUT2D eigenvalue weighted by atomic mass is 16.2. The van der Waals surface area contributed by atoms with E-state index in [1.54, 1.807) is 12.3 Å². The Morgan fingerprint density at radius 3 is 3.00 bits per heavy atom. The van der Waals surface area contributed by atoms with E-state index in [9.17, 15) is 4.79 Å². The summed E-state index contributed by atoms with van der Waals surface area (Å²) in [6.07, 6.45) is 6.55. The maximum atomic E-state index is 11.4. The van der Waals surface area contributed by atoms with Crippen molar-refractivity contribution in [3.8, 4) is 0 Å². The summed E-state index contributed by atoms with van der Waals surface area (Å²) in [5.41, 5.74) is 0.814. The van der Waals surface area contributed by atoms with E-state index in [1.165, 1.54) is 12.7 Å². The molecule has 0 atom stereocenters. The first kappa shape index (κ1) is 9.89. The molecule has 1 aromatic heterocycles. The molecular formula is C10H14N4O. The monoisotopic (exact) mass is 206 g/mol. The predicted octanol–water partition coefficient (Wildman–Crippen LogP) is 0.828. The molecule has 15 heavy (non-hydrogen) atoms. The lowest BCUT2D eigenvalue weighted by atomic mass is 9.93. The molecule has 2 amide bonds. The minimum Gasteiger partial charge on any atom is -0.335 e. The summed E-state index contributed by atoms with van der Waals surface area (Å²) in [6.45, 7) is 0.446. The van der Waals surface area contributed by atoms with Gasteiger partial charge in [-0.2, -0.15) is 0 Å². The molecule has 0 unspecified atom stereocenters. The maximum absolute atomic E-state index is 11.4. The fourth-order valence-electron chi connectivity index (χ4n) is 1.38. The Morgan fingerprint density at radius 1 is 1.53 bits per heavy atom. The number of aromatic nitrogens is 2. The quantitative estimate of drug-likeness (QED) is 0.769. The van der Waals surface area contributed by atoms with E-state index in [1.807, 2.05) is 0 Å². The fraction of sp³-hybridized carbons (Fsp3) is 0.500. The summed E-state index contributed by atoms with van der Waals surface area (Å²) in [5, 5.41) is 5.65. The highest BCUT2D eigenvalue weighted by molar-refractivity contribution is 5.74. The number of amides is 2. The summed E-state index contributed by atoms with van der Waals surface area (Å²) >= 11 is 0. The molecule has 1 aliphatic carbocycles. The van der Waals surface area contributed by atoms with Gasteiger partial charge in [0, 0.05) is 12.2 Å². The molecule has 80 valence electrons. The summed E-state index contributed by atoms with van der Waals surface area (Å²) in [4.78, 5) is 19.2. The van der Waals surface area contributed by atoms with Crippen LogP contribution in [0.4, 0.5) is 4.79 Å². The molecular weight excluding hydrogens is 192 g/mol. The summed E-state index contributed by atoms with van der Waals surface area (Å²) < 4.78 is 0. The van der Waals surface area contributed by atoms with E-state index in [2.05, 4.69) is 20.6 Å². The van der Waals surface area contributed by atoms with Crippen LogP contribution in [0.25, 0.3) is 0 Å². The van der Waals surface area contributed by atoms with Crippen LogP contribution in [0.1, 0.15) is 25.0 Å². The normalized spacial score (nSPS) is 15.5. The van der Waals surface area contributed by atoms with Gasteiger partial charge in [0.1, 0.15) is 6.33 Å². The van der Waals surface area contributed by atoms with E-state index < -0.39 is 0 Å². The molecule has 2 N–H and O–H groups in total. The molecule has 5 nitrogen and oxygen atoms in total. The van der Waals surface area contributed by atoms with Crippen LogP contribution in [0.15, 0.2) is 18.6 Å². The highest BCUT2D eigenvalue weighted by Gasteiger charge is 2.18. The SMILES string of the molecule is O=C(NCc1ccncn1)NC1CCC1. The van der Waals surface area contributed by atoms with Crippen LogP contribution in [-0.2, 0) is 6.54 Å². The molecule has 0 spiro atoms. The average molecular weight is 206 g/mol. The highest BCUT2D eigenvalue weighted by Crippen LogP contribution is 2.17. The Balaban J connectivity index is 1.71. The Morgan fingerprint density at radius 2 is 2.40 bits per heavy atom. The number of nitrogens with zero attached hydrogens (tertiary/aromatic N) is 2. The van der Waals surface area contributed by atoms with Crippen molar-refractivity contribution >= 4 is 6.03 Å². The molecule has 1 aromatic rings. The zero-order valence-corrected chi connectivity index (χ0v) is 8.44. The van der Waals surface area contributed by atoms with Crippen LogP contribution in [0.3, 0.4) is 0 Å². The van der Waals surface area contributed by atoms with Crippen molar-refractivity contribution in [2.24, 2.45) is 0 Å². The molecule has 0 aliphatic heterocycles. The van der Waals surface area contributed by atoms with Crippen molar-refractivity contribution in [1.29, 1.82) is 0 Å². The van der Waals surface area contributed by atoms with Gasteiger partial charge in [0.05, 0.1) is 12.2 Å². The number of hydrogen-bond donors (Lipinski definition) is 2. The van der Waals surface area contributed by atoms with Crippen molar-refractivity contribution in [3.05, 3.63) is 24.3 Å². The number of carbonyl (C=O) groups is 1. The van der Waals surface area contributed by atoms with Gasteiger partial charge in [-0.3, -0.25) is 0 Å². The Hall–Kier alpha value is -1.65. The third-order valence-corrected chi connectivity index (χ3v) is 2.51. The third-order valence-electron chi connectivity index (χ3n) is 2.51. The van der Waals surface area contributed by atoms with Crippen LogP contribution in [0.2, 0.25) is 0 Å². The summed E-state index contributed by atoms with van der Waals surface area (Å²) in [6, 6.07) is 2.04. The largest absolute Gasteiger partial charge is 0.335 e. The van der Waals surface area contributed by atoms with E-state index in [4.69, 9.17) is 0 Å². The zero-order chi connectivity index (χ0) is 10.5. The number of hydrogen-bond acceptors (Lipinski definition) is 3. The van der Waals surface area contributed by atoms with Gasteiger partial charge in [-0.15, -0.1) is 0 Å². The van der Waals surface area contributed by atoms with Crippen LogP contribution < -0.4 is 10.6 Å². The van der Waals surface area contributed by atoms with Crippen molar-refractivity contribution in [1.82, 2.24) is 20.6 Å². The molecule has 0 bridgehead atoms. The molecule has 1 fully saturated rings. The van der Waals surface area contributed by atoms with Crippen molar-refractivity contribution < 1.29 is 4.79 Å². The first-order valence-corrected chi connectivity index (χ1v) is 5.14. The lowest BCUT2D eigenvalue weighted by molar-refractivity contribution is 0.228. The van der Waals surface area contributed by atoms with Crippen LogP contribution >= 0.6 is 0 Å². The van der Waals surface area contributed by atoms with Gasteiger partial charge in [-0.05, 0) is 25.3 Å². The molecule has 2 rings (SSSR count). The van der Waals surface area contributed by atoms with E-state index in [-0.39, 0.29) is 6.03 Å². The average Bonchev–Trinajstić information content (AvgIpc) is 2.22. The first-order chi connectivity index (χ1) is 7.34. The summed E-state index contributed by atoms with van der Waals surface area (Å²) in [5.74, 6) is 0. The smallest absolute Gasteiger partial charge is 0.315 e. The van der Waals surface area contributed by atoms with Gasteiger partial charge in [0.25, 0.3) is 0 Å². The second kappa shape index (κ2) is 4.72. The lowest BCUT2D eigenvalue weighted by Crippen LogP contribution is -2.44. The topological polar surface area (TPSA) is 66.9 Å². The number of carbonyl (C=O) groups excluding carboxylic acids is 1. The van der Waals surface area contributed by atoms with E-state index in [0.29, 0.717) is 12.6 Å². The lowest BCUT2D eigenvalue weighted by Gasteiger charge is -2.26. The van der Waals surface area contributed by atoms with Crippen LogP contribution in [-0.4, -0.2) is 22.0 Å². The molecule has 0 saturated heterocycles. The van der Waals surface area contributed by atoms with Gasteiger partial charge in [-0.25, -0.2) is 14.8 Å². The van der Waals surface area contributed by atoms with Gasteiger partial charge < -0.3 is 10.6 Å². The Labute approximate surface area is 88.3 Å². The number of nitrogens with one attached hydrogen (secondary N) is 2. The van der Waals surface area contributed by atoms with Crippen molar-refractivity contribution in [2.75, 3.05) is 0 Å². The molecule has 0 aromatic carbocycles. The number of urea groups is 1. The van der Waals surface area contributed by atoms with Crippen molar-refractivity contribution in [2.45, 2.75) is 31.8 Å².